The Balaban J connectivity index is 1.68. The molecule has 0 bridgehead atoms. The van der Waals surface area contributed by atoms with Crippen LogP contribution in [0.2, 0.25) is 0 Å². The highest BCUT2D eigenvalue weighted by Crippen LogP contribution is 2.14. The molecular weight excluding hydrogens is 304 g/mol. The second kappa shape index (κ2) is 8.99. The summed E-state index contributed by atoms with van der Waals surface area (Å²) in [6, 6.07) is 4.11. The molecule has 1 aliphatic heterocycles. The number of rotatable bonds is 7. The number of piperidine rings is 1. The number of amides is 2. The largest absolute Gasteiger partial charge is 0.388 e. The van der Waals surface area contributed by atoms with Gasteiger partial charge < -0.3 is 15.7 Å². The normalized spacial score (nSPS) is 16.8. The highest BCUT2D eigenvalue weighted by atomic mass is 16.3. The molecule has 1 aromatic heterocycles. The number of likely N-dealkylation sites (tertiary alicyclic amines) is 1. The van der Waals surface area contributed by atoms with Crippen molar-refractivity contribution >= 4 is 6.03 Å². The van der Waals surface area contributed by atoms with Crippen LogP contribution in [-0.4, -0.2) is 52.3 Å². The lowest BCUT2D eigenvalue weighted by molar-refractivity contribution is 0.0347. The summed E-state index contributed by atoms with van der Waals surface area (Å²) in [6.07, 6.45) is 6.81. The van der Waals surface area contributed by atoms with Gasteiger partial charge in [0.15, 0.2) is 0 Å². The first-order valence-corrected chi connectivity index (χ1v) is 8.92. The molecule has 134 valence electrons. The van der Waals surface area contributed by atoms with Gasteiger partial charge in [-0.2, -0.15) is 0 Å². The number of urea groups is 1. The van der Waals surface area contributed by atoms with Gasteiger partial charge in [-0.25, -0.2) is 4.79 Å². The van der Waals surface area contributed by atoms with Gasteiger partial charge in [-0.15, -0.1) is 0 Å². The third kappa shape index (κ3) is 5.76. The first-order valence-electron chi connectivity index (χ1n) is 8.92. The molecule has 0 radical (unpaired) electrons. The summed E-state index contributed by atoms with van der Waals surface area (Å²) in [5, 5.41) is 16.0. The second-order valence-electron chi connectivity index (χ2n) is 6.66. The van der Waals surface area contributed by atoms with E-state index in [0.717, 1.165) is 32.5 Å². The van der Waals surface area contributed by atoms with E-state index in [-0.39, 0.29) is 12.1 Å². The van der Waals surface area contributed by atoms with E-state index in [9.17, 15) is 9.90 Å². The van der Waals surface area contributed by atoms with Crippen molar-refractivity contribution in [2.24, 2.45) is 0 Å². The molecule has 2 heterocycles. The van der Waals surface area contributed by atoms with E-state index < -0.39 is 5.60 Å². The number of aromatic nitrogens is 1. The van der Waals surface area contributed by atoms with E-state index in [4.69, 9.17) is 0 Å². The van der Waals surface area contributed by atoms with Gasteiger partial charge in [-0.1, -0.05) is 13.8 Å². The maximum absolute atomic E-state index is 12.0. The summed E-state index contributed by atoms with van der Waals surface area (Å²) >= 11 is 0. The van der Waals surface area contributed by atoms with E-state index in [1.165, 1.54) is 5.56 Å². The Labute approximate surface area is 144 Å². The number of hydrogen-bond acceptors (Lipinski definition) is 4. The van der Waals surface area contributed by atoms with Gasteiger partial charge in [-0.3, -0.25) is 9.88 Å². The van der Waals surface area contributed by atoms with Gasteiger partial charge in [0, 0.05) is 44.6 Å². The maximum atomic E-state index is 12.0. The number of nitrogens with one attached hydrogen (secondary N) is 2. The summed E-state index contributed by atoms with van der Waals surface area (Å²) in [7, 11) is 0. The minimum absolute atomic E-state index is 0.178. The molecule has 0 aliphatic carbocycles. The molecule has 0 saturated carbocycles. The van der Waals surface area contributed by atoms with Crippen molar-refractivity contribution in [1.29, 1.82) is 0 Å². The highest BCUT2D eigenvalue weighted by molar-refractivity contribution is 5.74. The van der Waals surface area contributed by atoms with E-state index >= 15 is 0 Å². The van der Waals surface area contributed by atoms with Gasteiger partial charge in [0.2, 0.25) is 0 Å². The van der Waals surface area contributed by atoms with E-state index in [1.807, 2.05) is 38.4 Å². The van der Waals surface area contributed by atoms with Crippen molar-refractivity contribution < 1.29 is 9.90 Å². The van der Waals surface area contributed by atoms with Crippen LogP contribution in [-0.2, 0) is 6.54 Å². The summed E-state index contributed by atoms with van der Waals surface area (Å²) in [5.74, 6) is 0. The Hall–Kier alpha value is -1.66. The predicted octanol–water partition coefficient (Wildman–Crippen LogP) is 1.90. The summed E-state index contributed by atoms with van der Waals surface area (Å²) in [6.45, 7) is 7.04. The Kier molecular flexibility index (Phi) is 6.99. The minimum Gasteiger partial charge on any atom is -0.388 e. The topological polar surface area (TPSA) is 77.5 Å². The quantitative estimate of drug-likeness (QED) is 0.712. The molecule has 3 N–H and O–H groups in total. The third-order valence-electron chi connectivity index (χ3n) is 4.97. The van der Waals surface area contributed by atoms with Crippen molar-refractivity contribution in [1.82, 2.24) is 20.5 Å². The molecular formula is C18H30N4O2. The molecule has 0 aromatic carbocycles. The number of nitrogens with zero attached hydrogens (tertiary/aromatic N) is 2. The zero-order valence-corrected chi connectivity index (χ0v) is 14.8. The van der Waals surface area contributed by atoms with Crippen molar-refractivity contribution in [2.75, 3.05) is 19.6 Å². The average Bonchev–Trinajstić information content (AvgIpc) is 2.62. The lowest BCUT2D eigenvalue weighted by Gasteiger charge is -2.32. The average molecular weight is 334 g/mol. The maximum Gasteiger partial charge on any atom is 0.315 e. The van der Waals surface area contributed by atoms with Gasteiger partial charge in [0.05, 0.1) is 5.60 Å². The Morgan fingerprint density at radius 3 is 2.50 bits per heavy atom. The fourth-order valence-electron chi connectivity index (χ4n) is 2.96. The molecule has 0 unspecified atom stereocenters. The molecule has 6 nitrogen and oxygen atoms in total. The molecule has 0 atom stereocenters. The van der Waals surface area contributed by atoms with E-state index in [2.05, 4.69) is 20.5 Å². The molecule has 1 saturated heterocycles. The lowest BCUT2D eigenvalue weighted by Crippen LogP contribution is -2.50. The van der Waals surface area contributed by atoms with Crippen LogP contribution in [0.15, 0.2) is 24.5 Å². The standard InChI is InChI=1S/C18H30N4O2/c1-3-18(24,4-2)14-20-17(23)21-16-7-11-22(12-8-16)13-15-5-9-19-10-6-15/h5-6,9-10,16,24H,3-4,7-8,11-14H2,1-2H3,(H2,20,21,23). The Morgan fingerprint density at radius 2 is 1.92 bits per heavy atom. The van der Waals surface area contributed by atoms with Crippen molar-refractivity contribution in [3.8, 4) is 0 Å². The molecule has 2 amide bonds. The van der Waals surface area contributed by atoms with Crippen LogP contribution in [0.4, 0.5) is 4.79 Å². The van der Waals surface area contributed by atoms with Crippen LogP contribution >= 0.6 is 0 Å². The van der Waals surface area contributed by atoms with Gasteiger partial charge in [0.25, 0.3) is 0 Å². The zero-order valence-electron chi connectivity index (χ0n) is 14.8. The van der Waals surface area contributed by atoms with Crippen LogP contribution in [0.3, 0.4) is 0 Å². The smallest absolute Gasteiger partial charge is 0.315 e. The van der Waals surface area contributed by atoms with Crippen LogP contribution < -0.4 is 10.6 Å². The fraction of sp³-hybridized carbons (Fsp3) is 0.667. The SMILES string of the molecule is CCC(O)(CC)CNC(=O)NC1CCN(Cc2ccncc2)CC1. The molecule has 1 aliphatic rings. The fourth-order valence-corrected chi connectivity index (χ4v) is 2.96. The van der Waals surface area contributed by atoms with Crippen molar-refractivity contribution in [2.45, 2.75) is 57.7 Å². The van der Waals surface area contributed by atoms with E-state index in [1.54, 1.807) is 0 Å². The van der Waals surface area contributed by atoms with Crippen LogP contribution in [0.5, 0.6) is 0 Å². The number of aliphatic hydroxyl groups is 1. The highest BCUT2D eigenvalue weighted by Gasteiger charge is 2.24. The number of carbonyl (C=O) groups is 1. The minimum atomic E-state index is -0.800. The van der Waals surface area contributed by atoms with Gasteiger partial charge in [-0.05, 0) is 43.4 Å². The first-order chi connectivity index (χ1) is 11.5. The molecule has 0 spiro atoms. The molecule has 1 aromatic rings. The Morgan fingerprint density at radius 1 is 1.29 bits per heavy atom. The molecule has 24 heavy (non-hydrogen) atoms. The van der Waals surface area contributed by atoms with Crippen LogP contribution in [0.25, 0.3) is 0 Å². The lowest BCUT2D eigenvalue weighted by atomic mass is 9.98. The van der Waals surface area contributed by atoms with E-state index in [0.29, 0.717) is 19.4 Å². The summed E-state index contributed by atoms with van der Waals surface area (Å²) < 4.78 is 0. The Bertz CT molecular complexity index is 497. The number of pyridine rings is 1. The van der Waals surface area contributed by atoms with Crippen molar-refractivity contribution in [3.05, 3.63) is 30.1 Å². The summed E-state index contributed by atoms with van der Waals surface area (Å²) in [4.78, 5) is 18.4. The number of carbonyl (C=O) groups excluding carboxylic acids is 1. The molecule has 2 rings (SSSR count). The second-order valence-corrected chi connectivity index (χ2v) is 6.66. The zero-order chi connectivity index (χ0) is 17.4. The van der Waals surface area contributed by atoms with Crippen LogP contribution in [0, 0.1) is 0 Å². The molecule has 6 heteroatoms. The first kappa shape index (κ1) is 18.7. The predicted molar refractivity (Wildman–Crippen MR) is 94.6 cm³/mol. The van der Waals surface area contributed by atoms with Crippen LogP contribution in [0.1, 0.15) is 45.1 Å². The molecule has 1 fully saturated rings. The monoisotopic (exact) mass is 334 g/mol. The van der Waals surface area contributed by atoms with Gasteiger partial charge in [0.1, 0.15) is 0 Å². The third-order valence-corrected chi connectivity index (χ3v) is 4.97. The number of hydrogen-bond donors (Lipinski definition) is 3. The van der Waals surface area contributed by atoms with Crippen molar-refractivity contribution in [3.63, 3.8) is 0 Å². The summed E-state index contributed by atoms with van der Waals surface area (Å²) in [5.41, 5.74) is 0.471. The van der Waals surface area contributed by atoms with Gasteiger partial charge >= 0.3 is 6.03 Å².